The van der Waals surface area contributed by atoms with Gasteiger partial charge in [0, 0.05) is 23.2 Å². The number of nitrogens with zero attached hydrogens (tertiary/aromatic N) is 1. The second-order valence-electron chi connectivity index (χ2n) is 7.03. The van der Waals surface area contributed by atoms with E-state index in [2.05, 4.69) is 0 Å². The lowest BCUT2D eigenvalue weighted by Gasteiger charge is -2.29. The van der Waals surface area contributed by atoms with Crippen LogP contribution in [0, 0.1) is 0 Å². The molecule has 1 aliphatic rings. The topological polar surface area (TPSA) is 82.1 Å². The Morgan fingerprint density at radius 2 is 1.77 bits per heavy atom. The second-order valence-corrected chi connectivity index (χ2v) is 9.70. The summed E-state index contributed by atoms with van der Waals surface area (Å²) in [4.78, 5) is 14.9. The SMILES string of the molecule is COc1cc(CN(C(=O)c2cccc(Cl)c2)[C@@H]2CCS(=O)(=O)C2)cc(OC)c1OC. The molecular formula is C21H24ClNO6S. The quantitative estimate of drug-likeness (QED) is 0.640. The van der Waals surface area contributed by atoms with E-state index < -0.39 is 15.9 Å². The molecule has 0 aliphatic carbocycles. The van der Waals surface area contributed by atoms with Gasteiger partial charge in [0.2, 0.25) is 5.75 Å². The Labute approximate surface area is 181 Å². The van der Waals surface area contributed by atoms with E-state index >= 15 is 0 Å². The first-order chi connectivity index (χ1) is 14.3. The second kappa shape index (κ2) is 9.14. The van der Waals surface area contributed by atoms with Crippen molar-refractivity contribution in [1.82, 2.24) is 4.90 Å². The number of amides is 1. The average molecular weight is 454 g/mol. The zero-order chi connectivity index (χ0) is 21.9. The number of benzene rings is 2. The molecule has 2 aromatic rings. The first-order valence-electron chi connectivity index (χ1n) is 9.34. The summed E-state index contributed by atoms with van der Waals surface area (Å²) in [6.07, 6.45) is 0.388. The third kappa shape index (κ3) is 4.82. The molecule has 1 saturated heterocycles. The first-order valence-corrected chi connectivity index (χ1v) is 11.5. The fourth-order valence-electron chi connectivity index (χ4n) is 3.60. The minimum atomic E-state index is -3.18. The summed E-state index contributed by atoms with van der Waals surface area (Å²) < 4.78 is 40.3. The van der Waals surface area contributed by atoms with Gasteiger partial charge in [-0.1, -0.05) is 17.7 Å². The van der Waals surface area contributed by atoms with Crippen LogP contribution >= 0.6 is 11.6 Å². The summed E-state index contributed by atoms with van der Waals surface area (Å²) in [5.41, 5.74) is 1.13. The molecule has 0 aromatic heterocycles. The molecular weight excluding hydrogens is 430 g/mol. The van der Waals surface area contributed by atoms with E-state index in [9.17, 15) is 13.2 Å². The van der Waals surface area contributed by atoms with Crippen LogP contribution in [0.25, 0.3) is 0 Å². The zero-order valence-electron chi connectivity index (χ0n) is 17.1. The van der Waals surface area contributed by atoms with Gasteiger partial charge in [-0.05, 0) is 42.3 Å². The fourth-order valence-corrected chi connectivity index (χ4v) is 5.52. The molecule has 0 unspecified atom stereocenters. The van der Waals surface area contributed by atoms with Crippen LogP contribution in [0.3, 0.4) is 0 Å². The zero-order valence-corrected chi connectivity index (χ0v) is 18.6. The Morgan fingerprint density at radius 1 is 1.10 bits per heavy atom. The highest BCUT2D eigenvalue weighted by Crippen LogP contribution is 2.39. The molecule has 1 fully saturated rings. The predicted octanol–water partition coefficient (Wildman–Crippen LogP) is 3.20. The smallest absolute Gasteiger partial charge is 0.254 e. The molecule has 7 nitrogen and oxygen atoms in total. The highest BCUT2D eigenvalue weighted by Gasteiger charge is 2.35. The molecule has 0 saturated carbocycles. The van der Waals surface area contributed by atoms with Crippen molar-refractivity contribution in [3.63, 3.8) is 0 Å². The molecule has 0 radical (unpaired) electrons. The molecule has 3 rings (SSSR count). The van der Waals surface area contributed by atoms with Crippen LogP contribution in [-0.4, -0.2) is 58.1 Å². The van der Waals surface area contributed by atoms with Crippen molar-refractivity contribution in [3.05, 3.63) is 52.5 Å². The van der Waals surface area contributed by atoms with Gasteiger partial charge in [0.25, 0.3) is 5.91 Å². The van der Waals surface area contributed by atoms with Crippen molar-refractivity contribution in [2.24, 2.45) is 0 Å². The molecule has 1 heterocycles. The molecule has 30 heavy (non-hydrogen) atoms. The molecule has 0 bridgehead atoms. The molecule has 1 atom stereocenters. The van der Waals surface area contributed by atoms with Crippen molar-refractivity contribution >= 4 is 27.3 Å². The molecule has 1 amide bonds. The Hall–Kier alpha value is -2.45. The maximum atomic E-state index is 13.3. The van der Waals surface area contributed by atoms with Gasteiger partial charge in [0.15, 0.2) is 21.3 Å². The van der Waals surface area contributed by atoms with Crippen LogP contribution in [0.5, 0.6) is 17.2 Å². The minimum absolute atomic E-state index is 0.0618. The van der Waals surface area contributed by atoms with Gasteiger partial charge in [0.1, 0.15) is 0 Å². The number of hydrogen-bond acceptors (Lipinski definition) is 6. The lowest BCUT2D eigenvalue weighted by molar-refractivity contribution is 0.0680. The average Bonchev–Trinajstić information content (AvgIpc) is 3.09. The van der Waals surface area contributed by atoms with Crippen LogP contribution in [0.1, 0.15) is 22.3 Å². The van der Waals surface area contributed by atoms with Crippen LogP contribution < -0.4 is 14.2 Å². The highest BCUT2D eigenvalue weighted by atomic mass is 35.5. The van der Waals surface area contributed by atoms with Gasteiger partial charge in [0.05, 0.1) is 32.8 Å². The van der Waals surface area contributed by atoms with E-state index in [0.29, 0.717) is 34.3 Å². The molecule has 9 heteroatoms. The van der Waals surface area contributed by atoms with Crippen LogP contribution in [0.15, 0.2) is 36.4 Å². The summed E-state index contributed by atoms with van der Waals surface area (Å²) in [6.45, 7) is 0.183. The summed E-state index contributed by atoms with van der Waals surface area (Å²) in [5.74, 6) is 1.08. The number of methoxy groups -OCH3 is 3. The van der Waals surface area contributed by atoms with Crippen LogP contribution in [0.2, 0.25) is 5.02 Å². The number of halogens is 1. The summed E-state index contributed by atoms with van der Waals surface area (Å²) in [6, 6.07) is 9.70. The van der Waals surface area contributed by atoms with Gasteiger partial charge in [-0.15, -0.1) is 0 Å². The summed E-state index contributed by atoms with van der Waals surface area (Å²) in [5, 5.41) is 0.438. The number of carbonyl (C=O) groups is 1. The third-order valence-corrected chi connectivity index (χ3v) is 7.04. The number of sulfone groups is 1. The lowest BCUT2D eigenvalue weighted by atomic mass is 10.1. The van der Waals surface area contributed by atoms with E-state index in [4.69, 9.17) is 25.8 Å². The molecule has 1 aliphatic heterocycles. The van der Waals surface area contributed by atoms with Gasteiger partial charge < -0.3 is 19.1 Å². The Balaban J connectivity index is 2.00. The van der Waals surface area contributed by atoms with Gasteiger partial charge in [-0.2, -0.15) is 0 Å². The number of ether oxygens (including phenoxy) is 3. The summed E-state index contributed by atoms with van der Waals surface area (Å²) in [7, 11) is 1.36. The normalized spacial score (nSPS) is 17.4. The summed E-state index contributed by atoms with van der Waals surface area (Å²) >= 11 is 6.06. The van der Waals surface area contributed by atoms with Crippen molar-refractivity contribution in [2.45, 2.75) is 19.0 Å². The van der Waals surface area contributed by atoms with Crippen molar-refractivity contribution in [3.8, 4) is 17.2 Å². The predicted molar refractivity (Wildman–Crippen MR) is 114 cm³/mol. The van der Waals surface area contributed by atoms with Gasteiger partial charge >= 0.3 is 0 Å². The van der Waals surface area contributed by atoms with E-state index in [1.54, 1.807) is 41.3 Å². The van der Waals surface area contributed by atoms with Gasteiger partial charge in [-0.3, -0.25) is 4.79 Å². The standard InChI is InChI=1S/C21H24ClNO6S/c1-27-18-9-14(10-19(28-2)20(18)29-3)12-23(17-7-8-30(25,26)13-17)21(24)15-5-4-6-16(22)11-15/h4-6,9-11,17H,7-8,12-13H2,1-3H3/t17-/m1/s1. The largest absolute Gasteiger partial charge is 0.493 e. The number of hydrogen-bond donors (Lipinski definition) is 0. The van der Waals surface area contributed by atoms with E-state index in [0.717, 1.165) is 5.56 Å². The van der Waals surface area contributed by atoms with Gasteiger partial charge in [-0.25, -0.2) is 8.42 Å². The van der Waals surface area contributed by atoms with Crippen LogP contribution in [-0.2, 0) is 16.4 Å². The maximum absolute atomic E-state index is 13.3. The lowest BCUT2D eigenvalue weighted by Crippen LogP contribution is -2.40. The van der Waals surface area contributed by atoms with Crippen molar-refractivity contribution in [1.29, 1.82) is 0 Å². The van der Waals surface area contributed by atoms with Crippen molar-refractivity contribution < 1.29 is 27.4 Å². The Morgan fingerprint density at radius 3 is 2.27 bits per heavy atom. The number of carbonyl (C=O) groups excluding carboxylic acids is 1. The Kier molecular flexibility index (Phi) is 6.77. The van der Waals surface area contributed by atoms with Crippen molar-refractivity contribution in [2.75, 3.05) is 32.8 Å². The molecule has 0 spiro atoms. The molecule has 162 valence electrons. The Bertz CT molecular complexity index is 1010. The minimum Gasteiger partial charge on any atom is -0.493 e. The first kappa shape index (κ1) is 22.2. The maximum Gasteiger partial charge on any atom is 0.254 e. The van der Waals surface area contributed by atoms with E-state index in [1.807, 2.05) is 0 Å². The monoisotopic (exact) mass is 453 g/mol. The molecule has 2 aromatic carbocycles. The highest BCUT2D eigenvalue weighted by molar-refractivity contribution is 7.91. The van der Waals surface area contributed by atoms with E-state index in [1.165, 1.54) is 21.3 Å². The third-order valence-electron chi connectivity index (χ3n) is 5.06. The number of rotatable bonds is 7. The van der Waals surface area contributed by atoms with E-state index in [-0.39, 0.29) is 24.0 Å². The fraction of sp³-hybridized carbons (Fsp3) is 0.381. The van der Waals surface area contributed by atoms with Crippen LogP contribution in [0.4, 0.5) is 0 Å². The molecule has 0 N–H and O–H groups in total.